The maximum atomic E-state index is 13.5. The maximum Gasteiger partial charge on any atom is 0.408 e. The van der Waals surface area contributed by atoms with Gasteiger partial charge in [-0.15, -0.1) is 11.3 Å². The van der Waals surface area contributed by atoms with Gasteiger partial charge < -0.3 is 15.0 Å². The first-order valence-corrected chi connectivity index (χ1v) is 12.8. The molecular formula is C25H25N5O3S2. The Labute approximate surface area is 211 Å². The van der Waals surface area contributed by atoms with Gasteiger partial charge in [0.05, 0.1) is 28.0 Å². The molecule has 2 aromatic carbocycles. The van der Waals surface area contributed by atoms with Gasteiger partial charge in [0.1, 0.15) is 11.6 Å². The van der Waals surface area contributed by atoms with Gasteiger partial charge in [-0.05, 0) is 44.5 Å². The summed E-state index contributed by atoms with van der Waals surface area (Å²) in [7, 11) is 0. The summed E-state index contributed by atoms with van der Waals surface area (Å²) in [6.45, 7) is 6.18. The summed E-state index contributed by atoms with van der Waals surface area (Å²) in [5.41, 5.74) is 4.72. The molecule has 3 heterocycles. The van der Waals surface area contributed by atoms with E-state index in [0.717, 1.165) is 26.4 Å². The molecule has 5 rings (SSSR count). The summed E-state index contributed by atoms with van der Waals surface area (Å²) in [5.74, 6) is -0.199. The van der Waals surface area contributed by atoms with Gasteiger partial charge in [0.2, 0.25) is 0 Å². The molecule has 0 aliphatic carbocycles. The second-order valence-electron chi connectivity index (χ2n) is 9.26. The molecule has 8 nitrogen and oxygen atoms in total. The highest BCUT2D eigenvalue weighted by atomic mass is 32.2. The van der Waals surface area contributed by atoms with E-state index in [1.807, 2.05) is 58.3 Å². The quantitative estimate of drug-likeness (QED) is 0.402. The number of amides is 2. The van der Waals surface area contributed by atoms with E-state index in [1.165, 1.54) is 11.9 Å². The molecule has 2 aromatic heterocycles. The van der Waals surface area contributed by atoms with Crippen LogP contribution in [0.25, 0.3) is 10.2 Å². The minimum Gasteiger partial charge on any atom is -0.444 e. The van der Waals surface area contributed by atoms with Crippen LogP contribution in [0.3, 0.4) is 0 Å². The summed E-state index contributed by atoms with van der Waals surface area (Å²) < 4.78 is 8.37. The van der Waals surface area contributed by atoms with Crippen LogP contribution in [0.2, 0.25) is 0 Å². The van der Waals surface area contributed by atoms with E-state index >= 15 is 0 Å². The second-order valence-corrected chi connectivity index (χ2v) is 11.2. The molecule has 1 unspecified atom stereocenters. The van der Waals surface area contributed by atoms with Crippen molar-refractivity contribution in [2.24, 2.45) is 0 Å². The third-order valence-electron chi connectivity index (χ3n) is 5.41. The molecule has 1 aliphatic rings. The zero-order valence-electron chi connectivity index (χ0n) is 19.6. The van der Waals surface area contributed by atoms with E-state index in [-0.39, 0.29) is 5.91 Å². The Balaban J connectivity index is 1.29. The second kappa shape index (κ2) is 9.35. The van der Waals surface area contributed by atoms with Gasteiger partial charge in [-0.1, -0.05) is 30.3 Å². The summed E-state index contributed by atoms with van der Waals surface area (Å²) in [4.78, 5) is 33.1. The molecule has 0 saturated carbocycles. The lowest BCUT2D eigenvalue weighted by atomic mass is 10.1. The number of hydrogen-bond acceptors (Lipinski definition) is 7. The highest BCUT2D eigenvalue weighted by Crippen LogP contribution is 2.30. The lowest BCUT2D eigenvalue weighted by Gasteiger charge is -2.26. The van der Waals surface area contributed by atoms with Crippen LogP contribution in [0, 0.1) is 0 Å². The van der Waals surface area contributed by atoms with E-state index in [2.05, 4.69) is 21.5 Å². The fourth-order valence-corrected chi connectivity index (χ4v) is 5.50. The van der Waals surface area contributed by atoms with E-state index < -0.39 is 17.7 Å². The predicted octanol–water partition coefficient (Wildman–Crippen LogP) is 5.16. The Kier molecular flexibility index (Phi) is 6.24. The Hall–Kier alpha value is -3.37. The van der Waals surface area contributed by atoms with Crippen molar-refractivity contribution in [3.8, 4) is 0 Å². The van der Waals surface area contributed by atoms with E-state index in [0.29, 0.717) is 18.7 Å². The molecule has 2 amide bonds. The van der Waals surface area contributed by atoms with Crippen LogP contribution in [0.15, 0.2) is 65.1 Å². The summed E-state index contributed by atoms with van der Waals surface area (Å²) >= 11 is 3.13. The number of aromatic nitrogens is 3. The van der Waals surface area contributed by atoms with E-state index in [4.69, 9.17) is 4.74 Å². The molecule has 1 atom stereocenters. The predicted molar refractivity (Wildman–Crippen MR) is 136 cm³/mol. The normalized spacial score (nSPS) is 14.1. The highest BCUT2D eigenvalue weighted by molar-refractivity contribution is 7.97. The van der Waals surface area contributed by atoms with Crippen molar-refractivity contribution in [3.05, 3.63) is 77.1 Å². The number of fused-ring (bicyclic) bond motifs is 2. The van der Waals surface area contributed by atoms with Crippen LogP contribution < -0.4 is 5.32 Å². The van der Waals surface area contributed by atoms with Crippen molar-refractivity contribution in [1.29, 1.82) is 0 Å². The van der Waals surface area contributed by atoms with Crippen LogP contribution >= 0.6 is 23.3 Å². The van der Waals surface area contributed by atoms with Gasteiger partial charge in [0.25, 0.3) is 5.91 Å². The Morgan fingerprint density at radius 1 is 1.14 bits per heavy atom. The van der Waals surface area contributed by atoms with Gasteiger partial charge in [-0.2, -0.15) is 5.10 Å². The molecule has 1 aliphatic heterocycles. The summed E-state index contributed by atoms with van der Waals surface area (Å²) in [6, 6.07) is 14.5. The molecule has 0 spiro atoms. The fraction of sp³-hybridized carbons (Fsp3) is 0.280. The van der Waals surface area contributed by atoms with Gasteiger partial charge in [-0.25, -0.2) is 13.9 Å². The standard InChI is InChI=1S/C25H25N5O3S2/c1-25(2,3)33-24(32)27-22(16-7-5-4-6-8-16)23(31)29-12-17-13-30(28-20(17)14-29)35-18-9-10-19-21(11-18)34-15-26-19/h4-11,13,15,22H,12,14H2,1-3H3,(H,27,32). The van der Waals surface area contributed by atoms with Crippen LogP contribution in [-0.2, 0) is 22.6 Å². The van der Waals surface area contributed by atoms with Crippen molar-refractivity contribution in [2.75, 3.05) is 0 Å². The minimum atomic E-state index is -0.845. The van der Waals surface area contributed by atoms with Crippen molar-refractivity contribution < 1.29 is 14.3 Å². The van der Waals surface area contributed by atoms with Crippen LogP contribution in [0.5, 0.6) is 0 Å². The molecular weight excluding hydrogens is 482 g/mol. The monoisotopic (exact) mass is 507 g/mol. The average molecular weight is 508 g/mol. The number of carbonyl (C=O) groups is 2. The van der Waals surface area contributed by atoms with Crippen molar-refractivity contribution in [2.45, 2.75) is 50.4 Å². The first kappa shape index (κ1) is 23.4. The molecule has 0 bridgehead atoms. The summed E-state index contributed by atoms with van der Waals surface area (Å²) in [5, 5.41) is 7.45. The Morgan fingerprint density at radius 3 is 2.69 bits per heavy atom. The number of nitrogens with one attached hydrogen (secondary N) is 1. The smallest absolute Gasteiger partial charge is 0.408 e. The number of rotatable bonds is 5. The van der Waals surface area contributed by atoms with E-state index in [1.54, 1.807) is 37.0 Å². The topological polar surface area (TPSA) is 89.4 Å². The van der Waals surface area contributed by atoms with Crippen LogP contribution in [-0.4, -0.2) is 36.7 Å². The largest absolute Gasteiger partial charge is 0.444 e. The number of nitrogens with zero attached hydrogens (tertiary/aromatic N) is 4. The molecule has 10 heteroatoms. The molecule has 0 radical (unpaired) electrons. The number of benzene rings is 2. The SMILES string of the molecule is CC(C)(C)OC(=O)NC(C(=O)N1Cc2cn(Sc3ccc4ncsc4c3)nc2C1)c1ccccc1. The first-order chi connectivity index (χ1) is 16.7. The zero-order chi connectivity index (χ0) is 24.6. The van der Waals surface area contributed by atoms with Crippen molar-refractivity contribution in [1.82, 2.24) is 24.4 Å². The molecule has 1 N–H and O–H groups in total. The number of hydrogen-bond donors (Lipinski definition) is 1. The van der Waals surface area contributed by atoms with Gasteiger partial charge in [0.15, 0.2) is 0 Å². The molecule has 0 saturated heterocycles. The molecule has 180 valence electrons. The first-order valence-electron chi connectivity index (χ1n) is 11.2. The molecule has 0 fully saturated rings. The van der Waals surface area contributed by atoms with Gasteiger partial charge in [0, 0.05) is 35.1 Å². The lowest BCUT2D eigenvalue weighted by molar-refractivity contribution is -0.134. The zero-order valence-corrected chi connectivity index (χ0v) is 21.2. The molecule has 35 heavy (non-hydrogen) atoms. The van der Waals surface area contributed by atoms with Crippen LogP contribution in [0.1, 0.15) is 43.6 Å². The Bertz CT molecular complexity index is 1350. The fourth-order valence-electron chi connectivity index (χ4n) is 3.87. The number of alkyl carbamates (subject to hydrolysis) is 1. The number of thiazole rings is 1. The van der Waals surface area contributed by atoms with Crippen molar-refractivity contribution in [3.63, 3.8) is 0 Å². The van der Waals surface area contributed by atoms with Gasteiger partial charge in [-0.3, -0.25) is 4.79 Å². The average Bonchev–Trinajstić information content (AvgIpc) is 3.51. The van der Waals surface area contributed by atoms with Crippen LogP contribution in [0.4, 0.5) is 4.79 Å². The third-order valence-corrected chi connectivity index (χ3v) is 7.04. The van der Waals surface area contributed by atoms with E-state index in [9.17, 15) is 9.59 Å². The highest BCUT2D eigenvalue weighted by Gasteiger charge is 2.34. The number of ether oxygens (including phenoxy) is 1. The third kappa shape index (κ3) is 5.33. The van der Waals surface area contributed by atoms with Crippen molar-refractivity contribution >= 4 is 45.5 Å². The van der Waals surface area contributed by atoms with Gasteiger partial charge >= 0.3 is 6.09 Å². The number of carbonyl (C=O) groups excluding carboxylic acids is 2. The lowest BCUT2D eigenvalue weighted by Crippen LogP contribution is -2.43. The minimum absolute atomic E-state index is 0.199. The maximum absolute atomic E-state index is 13.5. The summed E-state index contributed by atoms with van der Waals surface area (Å²) in [6.07, 6.45) is 1.33. The molecule has 4 aromatic rings. The Morgan fingerprint density at radius 2 is 1.94 bits per heavy atom.